The lowest BCUT2D eigenvalue weighted by molar-refractivity contribution is 0.213. The van der Waals surface area contributed by atoms with Crippen LogP contribution in [0.4, 0.5) is 21.7 Å². The van der Waals surface area contributed by atoms with Gasteiger partial charge >= 0.3 is 8.60 Å². The Balaban J connectivity index is 1.68. The Hall–Kier alpha value is -2.57. The van der Waals surface area contributed by atoms with Crippen LogP contribution in [0.15, 0.2) is 47.4 Å². The molecule has 0 radical (unpaired) electrons. The van der Waals surface area contributed by atoms with Crippen molar-refractivity contribution >= 4 is 55.2 Å². The SMILES string of the molecule is CC(=N)c1c(N)nc(-c2ccc(NSc3cc(Cl)ccc3F)cc2)nc1NCCN(C)CCOP(O)O. The molecule has 0 aliphatic rings. The summed E-state index contributed by atoms with van der Waals surface area (Å²) in [4.78, 5) is 29.0. The molecule has 0 saturated heterocycles. The van der Waals surface area contributed by atoms with E-state index in [9.17, 15) is 4.39 Å². The molecule has 0 atom stereocenters. The van der Waals surface area contributed by atoms with Crippen molar-refractivity contribution < 1.29 is 18.7 Å². The zero-order valence-corrected chi connectivity index (χ0v) is 22.7. The average molecular weight is 568 g/mol. The van der Waals surface area contributed by atoms with Crippen LogP contribution in [-0.2, 0) is 4.52 Å². The standard InChI is InChI=1S/C23H28ClFN7O3PS/c1-14(26)20-21(27)29-22(30-23(20)28-9-10-32(2)11-12-35-36(33)34)15-3-6-17(7-4-15)31-37-19-13-16(24)5-8-18(19)25/h3-8,13,26,31,33-34H,9-12H2,1-2H3,(H3,27,28,29,30). The number of likely N-dealkylation sites (N-methyl/N-ethyl adjacent to an activating group) is 1. The minimum atomic E-state index is -2.36. The number of nitrogen functional groups attached to an aromatic ring is 1. The van der Waals surface area contributed by atoms with E-state index in [-0.39, 0.29) is 24.0 Å². The van der Waals surface area contributed by atoms with Crippen LogP contribution < -0.4 is 15.8 Å². The van der Waals surface area contributed by atoms with Crippen LogP contribution in [0.25, 0.3) is 11.4 Å². The van der Waals surface area contributed by atoms with Gasteiger partial charge in [-0.3, -0.25) is 0 Å². The van der Waals surface area contributed by atoms with E-state index in [0.717, 1.165) is 17.6 Å². The number of anilines is 3. The maximum Gasteiger partial charge on any atom is 0.327 e. The van der Waals surface area contributed by atoms with Crippen molar-refractivity contribution in [2.45, 2.75) is 11.8 Å². The molecule has 0 spiro atoms. The van der Waals surface area contributed by atoms with Gasteiger partial charge in [0.15, 0.2) is 5.82 Å². The van der Waals surface area contributed by atoms with Crippen molar-refractivity contribution in [1.29, 1.82) is 5.41 Å². The number of nitrogens with two attached hydrogens (primary N) is 1. The van der Waals surface area contributed by atoms with Crippen molar-refractivity contribution in [3.05, 3.63) is 58.9 Å². The van der Waals surface area contributed by atoms with Gasteiger partial charge in [-0.2, -0.15) is 0 Å². The topological polar surface area (TPSA) is 153 Å². The lowest BCUT2D eigenvalue weighted by atomic mass is 10.1. The molecule has 37 heavy (non-hydrogen) atoms. The predicted molar refractivity (Wildman–Crippen MR) is 149 cm³/mol. The lowest BCUT2D eigenvalue weighted by Crippen LogP contribution is -2.28. The molecule has 0 bridgehead atoms. The van der Waals surface area contributed by atoms with E-state index in [1.54, 1.807) is 13.0 Å². The average Bonchev–Trinajstić information content (AvgIpc) is 2.84. The van der Waals surface area contributed by atoms with Crippen LogP contribution >= 0.6 is 32.2 Å². The molecule has 0 unspecified atom stereocenters. The first-order chi connectivity index (χ1) is 17.6. The summed E-state index contributed by atoms with van der Waals surface area (Å²) in [7, 11) is -0.487. The smallest absolute Gasteiger partial charge is 0.327 e. The van der Waals surface area contributed by atoms with E-state index in [1.165, 1.54) is 12.1 Å². The maximum absolute atomic E-state index is 13.9. The Kier molecular flexibility index (Phi) is 10.8. The number of hydrogen-bond donors (Lipinski definition) is 6. The first kappa shape index (κ1) is 29.0. The molecule has 3 aromatic rings. The number of benzene rings is 2. The molecule has 1 heterocycles. The molecule has 0 aliphatic heterocycles. The van der Waals surface area contributed by atoms with Crippen LogP contribution in [0.5, 0.6) is 0 Å². The number of hydrogen-bond acceptors (Lipinski definition) is 11. The zero-order valence-electron chi connectivity index (χ0n) is 20.2. The highest BCUT2D eigenvalue weighted by atomic mass is 35.5. The maximum atomic E-state index is 13.9. The van der Waals surface area contributed by atoms with Gasteiger partial charge in [0.25, 0.3) is 0 Å². The van der Waals surface area contributed by atoms with Gasteiger partial charge in [0.2, 0.25) is 0 Å². The molecular weight excluding hydrogens is 540 g/mol. The predicted octanol–water partition coefficient (Wildman–Crippen LogP) is 4.60. The summed E-state index contributed by atoms with van der Waals surface area (Å²) in [5.41, 5.74) is 8.31. The monoisotopic (exact) mass is 567 g/mol. The fraction of sp³-hybridized carbons (Fsp3) is 0.261. The van der Waals surface area contributed by atoms with Gasteiger partial charge in [0, 0.05) is 41.6 Å². The quantitative estimate of drug-likeness (QED) is 0.0981. The van der Waals surface area contributed by atoms with E-state index in [2.05, 4.69) is 20.0 Å². The van der Waals surface area contributed by atoms with Gasteiger partial charge in [-0.05, 0) is 68.4 Å². The molecule has 3 rings (SSSR count). The van der Waals surface area contributed by atoms with Crippen molar-refractivity contribution in [2.75, 3.05) is 49.1 Å². The van der Waals surface area contributed by atoms with Gasteiger partial charge in [-0.15, -0.1) is 0 Å². The van der Waals surface area contributed by atoms with E-state index in [1.807, 2.05) is 36.2 Å². The number of halogens is 2. The summed E-state index contributed by atoms with van der Waals surface area (Å²) in [5.74, 6) is 0.664. The highest BCUT2D eigenvalue weighted by Gasteiger charge is 2.16. The summed E-state index contributed by atoms with van der Waals surface area (Å²) in [6, 6.07) is 11.6. The fourth-order valence-corrected chi connectivity index (χ4v) is 4.41. The molecule has 0 saturated carbocycles. The number of rotatable bonds is 13. The largest absolute Gasteiger partial charge is 0.383 e. The second kappa shape index (κ2) is 13.8. The second-order valence-corrected chi connectivity index (χ2v) is 10.0. The molecule has 0 amide bonds. The minimum Gasteiger partial charge on any atom is -0.383 e. The highest BCUT2D eigenvalue weighted by molar-refractivity contribution is 8.00. The molecule has 198 valence electrons. The van der Waals surface area contributed by atoms with Crippen molar-refractivity contribution in [1.82, 2.24) is 14.9 Å². The highest BCUT2D eigenvalue weighted by Crippen LogP contribution is 2.29. The van der Waals surface area contributed by atoms with E-state index < -0.39 is 8.60 Å². The fourth-order valence-electron chi connectivity index (χ4n) is 3.22. The molecule has 10 nitrogen and oxygen atoms in total. The number of nitrogens with one attached hydrogen (secondary N) is 3. The van der Waals surface area contributed by atoms with E-state index in [4.69, 9.17) is 37.1 Å². The van der Waals surface area contributed by atoms with Gasteiger partial charge in [-0.1, -0.05) is 11.6 Å². The number of nitrogens with zero attached hydrogens (tertiary/aromatic N) is 3. The minimum absolute atomic E-state index is 0.190. The molecule has 14 heteroatoms. The molecular formula is C23H28ClFN7O3PS. The van der Waals surface area contributed by atoms with Crippen LogP contribution in [0.2, 0.25) is 5.02 Å². The van der Waals surface area contributed by atoms with Gasteiger partial charge in [0.05, 0.1) is 17.1 Å². The lowest BCUT2D eigenvalue weighted by Gasteiger charge is -2.18. The normalized spacial score (nSPS) is 11.2. The molecule has 7 N–H and O–H groups in total. The third-order valence-corrected chi connectivity index (χ3v) is 6.61. The Morgan fingerprint density at radius 2 is 1.95 bits per heavy atom. The zero-order chi connectivity index (χ0) is 26.9. The summed E-state index contributed by atoms with van der Waals surface area (Å²) in [6.07, 6.45) is 0. The Morgan fingerprint density at radius 3 is 2.62 bits per heavy atom. The Labute approximate surface area is 225 Å². The van der Waals surface area contributed by atoms with Crippen LogP contribution in [-0.4, -0.2) is 63.7 Å². The van der Waals surface area contributed by atoms with Crippen LogP contribution in [0, 0.1) is 11.2 Å². The summed E-state index contributed by atoms with van der Waals surface area (Å²) in [6.45, 7) is 3.44. The third-order valence-electron chi connectivity index (χ3n) is 5.09. The molecule has 0 fully saturated rings. The third kappa shape index (κ3) is 8.75. The second-order valence-electron chi connectivity index (χ2n) is 7.95. The van der Waals surface area contributed by atoms with Gasteiger partial charge < -0.3 is 40.4 Å². The van der Waals surface area contributed by atoms with Crippen molar-refractivity contribution in [2.24, 2.45) is 0 Å². The Bertz CT molecular complexity index is 1220. The van der Waals surface area contributed by atoms with Gasteiger partial charge in [-0.25, -0.2) is 14.4 Å². The van der Waals surface area contributed by atoms with Crippen molar-refractivity contribution in [3.8, 4) is 11.4 Å². The first-order valence-corrected chi connectivity index (χ1v) is 13.4. The van der Waals surface area contributed by atoms with E-state index >= 15 is 0 Å². The van der Waals surface area contributed by atoms with Crippen LogP contribution in [0.3, 0.4) is 0 Å². The number of aromatic nitrogens is 2. The van der Waals surface area contributed by atoms with E-state index in [0.29, 0.717) is 52.3 Å². The Morgan fingerprint density at radius 1 is 1.22 bits per heavy atom. The molecule has 1 aromatic heterocycles. The first-order valence-electron chi connectivity index (χ1n) is 11.1. The van der Waals surface area contributed by atoms with Crippen LogP contribution in [0.1, 0.15) is 12.5 Å². The summed E-state index contributed by atoms with van der Waals surface area (Å²) >= 11 is 7.06. The molecule has 0 aliphatic carbocycles. The summed E-state index contributed by atoms with van der Waals surface area (Å²) in [5, 5.41) is 11.8. The molecule has 2 aromatic carbocycles. The van der Waals surface area contributed by atoms with Crippen molar-refractivity contribution in [3.63, 3.8) is 0 Å². The summed E-state index contributed by atoms with van der Waals surface area (Å²) < 4.78 is 21.8. The van der Waals surface area contributed by atoms with Gasteiger partial charge in [0.1, 0.15) is 17.5 Å².